The number of amides is 1. The zero-order valence-corrected chi connectivity index (χ0v) is 23.7. The second-order valence-corrected chi connectivity index (χ2v) is 14.8. The summed E-state index contributed by atoms with van der Waals surface area (Å²) in [6, 6.07) is 0. The van der Waals surface area contributed by atoms with Crippen LogP contribution in [0.15, 0.2) is 11.6 Å². The summed E-state index contributed by atoms with van der Waals surface area (Å²) in [7, 11) is 1.57. The van der Waals surface area contributed by atoms with Crippen molar-refractivity contribution in [2.24, 2.45) is 56.7 Å². The van der Waals surface area contributed by atoms with Crippen LogP contribution in [0.3, 0.4) is 0 Å². The normalized spacial score (nSPS) is 52.8. The third-order valence-corrected chi connectivity index (χ3v) is 13.6. The first-order valence-electron chi connectivity index (χ1n) is 14.5. The van der Waals surface area contributed by atoms with Gasteiger partial charge in [-0.25, -0.2) is 5.48 Å². The maximum absolute atomic E-state index is 13.6. The van der Waals surface area contributed by atoms with Gasteiger partial charge in [0.2, 0.25) is 5.91 Å². The van der Waals surface area contributed by atoms with E-state index in [1.165, 1.54) is 12.8 Å². The van der Waals surface area contributed by atoms with Gasteiger partial charge in [0.05, 0.1) is 18.6 Å². The first-order chi connectivity index (χ1) is 16.3. The van der Waals surface area contributed by atoms with E-state index in [1.54, 1.807) is 12.7 Å². The lowest BCUT2D eigenvalue weighted by molar-refractivity contribution is -0.205. The van der Waals surface area contributed by atoms with Gasteiger partial charge in [0, 0.05) is 0 Å². The molecule has 4 heteroatoms. The van der Waals surface area contributed by atoms with Crippen molar-refractivity contribution in [3.8, 4) is 0 Å². The van der Waals surface area contributed by atoms with Crippen molar-refractivity contribution < 1.29 is 14.7 Å². The Morgan fingerprint density at radius 1 is 0.971 bits per heavy atom. The number of hydroxylamine groups is 1. The molecule has 0 spiro atoms. The largest absolute Gasteiger partial charge is 0.393 e. The van der Waals surface area contributed by atoms with Crippen LogP contribution < -0.4 is 5.48 Å². The molecule has 0 aromatic rings. The van der Waals surface area contributed by atoms with Crippen molar-refractivity contribution in [3.05, 3.63) is 11.6 Å². The van der Waals surface area contributed by atoms with Crippen LogP contribution >= 0.6 is 0 Å². The standard InChI is InChI=1S/C31H51NO3/c1-19-11-16-31(26(34)32-35-8)18-17-29(6)21(25(31)20(19)2)9-10-23-28(5)14-13-24(33)27(3,4)22(28)12-15-30(23,29)7/h9,19-20,22-25,33H,10-18H2,1-8H3,(H,32,34)/t19-,20+,22+,23-,24+,25+,28+,29-,30-,31+/m1/s1. The number of allylic oxidation sites excluding steroid dienone is 2. The van der Waals surface area contributed by atoms with Crippen LogP contribution in [0.1, 0.15) is 106 Å². The van der Waals surface area contributed by atoms with Gasteiger partial charge in [-0.05, 0) is 109 Å². The van der Waals surface area contributed by atoms with Gasteiger partial charge in [0.1, 0.15) is 0 Å². The predicted molar refractivity (Wildman–Crippen MR) is 140 cm³/mol. The minimum Gasteiger partial charge on any atom is -0.393 e. The molecule has 0 heterocycles. The van der Waals surface area contributed by atoms with Crippen LogP contribution in [0.4, 0.5) is 0 Å². The molecule has 35 heavy (non-hydrogen) atoms. The van der Waals surface area contributed by atoms with Gasteiger partial charge in [0.25, 0.3) is 0 Å². The van der Waals surface area contributed by atoms with Crippen molar-refractivity contribution >= 4 is 5.91 Å². The molecule has 0 radical (unpaired) electrons. The smallest absolute Gasteiger partial charge is 0.250 e. The summed E-state index contributed by atoms with van der Waals surface area (Å²) in [5.41, 5.74) is 4.63. The number of nitrogens with one attached hydrogen (secondary N) is 1. The number of rotatable bonds is 2. The third-order valence-electron chi connectivity index (χ3n) is 13.6. The van der Waals surface area contributed by atoms with E-state index in [2.05, 4.69) is 60.0 Å². The average Bonchev–Trinajstić information content (AvgIpc) is 2.79. The third kappa shape index (κ3) is 3.14. The number of fused-ring (bicyclic) bond motifs is 7. The summed E-state index contributed by atoms with van der Waals surface area (Å²) in [4.78, 5) is 18.8. The Hall–Kier alpha value is -0.870. The Balaban J connectivity index is 1.60. The molecule has 0 aromatic carbocycles. The zero-order chi connectivity index (χ0) is 25.6. The molecule has 0 aliphatic heterocycles. The minimum absolute atomic E-state index is 0.0213. The van der Waals surface area contributed by atoms with Crippen molar-refractivity contribution in [1.29, 1.82) is 0 Å². The maximum Gasteiger partial charge on any atom is 0.250 e. The first-order valence-corrected chi connectivity index (χ1v) is 14.5. The summed E-state index contributed by atoms with van der Waals surface area (Å²) in [5, 5.41) is 10.9. The van der Waals surface area contributed by atoms with Crippen LogP contribution in [0, 0.1) is 56.7 Å². The summed E-state index contributed by atoms with van der Waals surface area (Å²) >= 11 is 0. The Morgan fingerprint density at radius 2 is 1.69 bits per heavy atom. The number of carbonyl (C=O) groups excluding carboxylic acids is 1. The maximum atomic E-state index is 13.6. The Labute approximate surface area is 214 Å². The van der Waals surface area contributed by atoms with Crippen LogP contribution in [0.2, 0.25) is 0 Å². The molecule has 4 saturated carbocycles. The lowest BCUT2D eigenvalue weighted by atomic mass is 9.33. The molecule has 1 amide bonds. The average molecular weight is 486 g/mol. The Bertz CT molecular complexity index is 911. The van der Waals surface area contributed by atoms with E-state index in [0.29, 0.717) is 29.6 Å². The number of hydrogen-bond donors (Lipinski definition) is 2. The van der Waals surface area contributed by atoms with Crippen molar-refractivity contribution in [2.75, 3.05) is 7.11 Å². The molecule has 10 atom stereocenters. The van der Waals surface area contributed by atoms with Gasteiger partial charge in [-0.3, -0.25) is 9.63 Å². The number of carbonyl (C=O) groups is 1. The van der Waals surface area contributed by atoms with Crippen LogP contribution in [-0.2, 0) is 9.63 Å². The summed E-state index contributed by atoms with van der Waals surface area (Å²) in [5.74, 6) is 2.73. The summed E-state index contributed by atoms with van der Waals surface area (Å²) < 4.78 is 0. The molecule has 5 rings (SSSR count). The molecule has 0 saturated heterocycles. The van der Waals surface area contributed by atoms with Crippen molar-refractivity contribution in [1.82, 2.24) is 5.48 Å². The van der Waals surface area contributed by atoms with Gasteiger partial charge >= 0.3 is 0 Å². The highest BCUT2D eigenvalue weighted by molar-refractivity contribution is 5.83. The first kappa shape index (κ1) is 25.8. The van der Waals surface area contributed by atoms with Gasteiger partial charge in [0.15, 0.2) is 0 Å². The molecule has 198 valence electrons. The van der Waals surface area contributed by atoms with Crippen molar-refractivity contribution in [3.63, 3.8) is 0 Å². The van der Waals surface area contributed by atoms with E-state index in [4.69, 9.17) is 4.84 Å². The van der Waals surface area contributed by atoms with E-state index in [-0.39, 0.29) is 39.1 Å². The number of aliphatic hydroxyl groups is 1. The molecule has 4 nitrogen and oxygen atoms in total. The molecule has 5 aliphatic rings. The number of hydrogen-bond acceptors (Lipinski definition) is 3. The van der Waals surface area contributed by atoms with Crippen LogP contribution in [0.25, 0.3) is 0 Å². The molecule has 5 aliphatic carbocycles. The highest BCUT2D eigenvalue weighted by atomic mass is 16.6. The van der Waals surface area contributed by atoms with E-state index in [9.17, 15) is 9.90 Å². The molecule has 0 bridgehead atoms. The highest BCUT2D eigenvalue weighted by Gasteiger charge is 2.69. The molecule has 2 N–H and O–H groups in total. The van der Waals surface area contributed by atoms with Gasteiger partial charge in [-0.2, -0.15) is 0 Å². The second-order valence-electron chi connectivity index (χ2n) is 14.8. The summed E-state index contributed by atoms with van der Waals surface area (Å²) in [6.45, 7) is 17.2. The highest BCUT2D eigenvalue weighted by Crippen LogP contribution is 2.75. The predicted octanol–water partition coefficient (Wildman–Crippen LogP) is 6.68. The van der Waals surface area contributed by atoms with Crippen molar-refractivity contribution in [2.45, 2.75) is 112 Å². The van der Waals surface area contributed by atoms with Crippen LogP contribution in [-0.4, -0.2) is 24.2 Å². The van der Waals surface area contributed by atoms with Crippen LogP contribution in [0.5, 0.6) is 0 Å². The minimum atomic E-state index is -0.339. The summed E-state index contributed by atoms with van der Waals surface area (Å²) in [6.07, 6.45) is 12.2. The van der Waals surface area contributed by atoms with Gasteiger partial charge in [-0.15, -0.1) is 0 Å². The molecule has 0 aromatic heterocycles. The Morgan fingerprint density at radius 3 is 2.37 bits per heavy atom. The quantitative estimate of drug-likeness (QED) is 0.339. The van der Waals surface area contributed by atoms with E-state index in [1.807, 2.05) is 0 Å². The lowest BCUT2D eigenvalue weighted by Crippen LogP contribution is -2.66. The number of aliphatic hydroxyl groups excluding tert-OH is 1. The Kier molecular flexibility index (Phi) is 5.94. The lowest BCUT2D eigenvalue weighted by Gasteiger charge is -2.71. The van der Waals surface area contributed by atoms with Gasteiger partial charge in [-0.1, -0.05) is 60.1 Å². The SMILES string of the molecule is CONC(=O)[C@]12CC[C@@H](C)[C@H](C)[C@H]1C1=CC[C@@H]3[C@@]4(C)CC[C@H](O)C(C)(C)[C@@H]4CC[C@@]3(C)[C@]1(C)CC2. The van der Waals surface area contributed by atoms with Gasteiger partial charge < -0.3 is 5.11 Å². The second kappa shape index (κ2) is 8.06. The fourth-order valence-electron chi connectivity index (χ4n) is 11.1. The molecule has 4 fully saturated rings. The fourth-order valence-corrected chi connectivity index (χ4v) is 11.1. The zero-order valence-electron chi connectivity index (χ0n) is 23.7. The van der Waals surface area contributed by atoms with E-state index in [0.717, 1.165) is 44.9 Å². The molecule has 0 unspecified atom stereocenters. The monoisotopic (exact) mass is 485 g/mol. The fraction of sp³-hybridized carbons (Fsp3) is 0.903. The molecular formula is C31H51NO3. The van der Waals surface area contributed by atoms with E-state index >= 15 is 0 Å². The van der Waals surface area contributed by atoms with E-state index < -0.39 is 0 Å². The topological polar surface area (TPSA) is 58.6 Å². The molecular weight excluding hydrogens is 434 g/mol.